The fourth-order valence-electron chi connectivity index (χ4n) is 2.63. The minimum atomic E-state index is -0.0449. The van der Waals surface area contributed by atoms with E-state index in [1.807, 2.05) is 0 Å². The maximum Gasteiger partial charge on any atom is 0.249 e. The van der Waals surface area contributed by atoms with Gasteiger partial charge in [0.15, 0.2) is 5.82 Å². The molecule has 0 amide bonds. The van der Waals surface area contributed by atoms with Gasteiger partial charge in [-0.25, -0.2) is 4.98 Å². The molecule has 2 aromatic rings. The number of aromatic nitrogens is 4. The summed E-state index contributed by atoms with van der Waals surface area (Å²) in [6, 6.07) is -0.0449. The van der Waals surface area contributed by atoms with Crippen molar-refractivity contribution in [2.45, 2.75) is 52.0 Å². The molecule has 3 heterocycles. The van der Waals surface area contributed by atoms with Gasteiger partial charge in [-0.05, 0) is 18.8 Å². The molecule has 1 aliphatic rings. The van der Waals surface area contributed by atoms with Crippen LogP contribution in [0.2, 0.25) is 0 Å². The molecular formula is C15H23N5O2S. The highest BCUT2D eigenvalue weighted by atomic mass is 32.1. The summed E-state index contributed by atoms with van der Waals surface area (Å²) in [5.74, 6) is 2.87. The average molecular weight is 337 g/mol. The molecule has 0 saturated carbocycles. The molecule has 3 rings (SSSR count). The highest BCUT2D eigenvalue weighted by molar-refractivity contribution is 7.09. The second-order valence-corrected chi connectivity index (χ2v) is 6.84. The van der Waals surface area contributed by atoms with Crippen LogP contribution in [0.1, 0.15) is 63.1 Å². The molecule has 1 saturated heterocycles. The zero-order valence-electron chi connectivity index (χ0n) is 13.8. The lowest BCUT2D eigenvalue weighted by Gasteiger charge is -2.28. The third-order valence-electron chi connectivity index (χ3n) is 4.04. The van der Waals surface area contributed by atoms with E-state index in [1.165, 1.54) is 11.5 Å². The van der Waals surface area contributed by atoms with Crippen LogP contribution in [0, 0.1) is 5.92 Å². The van der Waals surface area contributed by atoms with Gasteiger partial charge >= 0.3 is 0 Å². The molecule has 0 bridgehead atoms. The van der Waals surface area contributed by atoms with Crippen LogP contribution < -0.4 is 5.32 Å². The Hall–Kier alpha value is -1.54. The van der Waals surface area contributed by atoms with Crippen LogP contribution in [0.3, 0.4) is 0 Å². The molecule has 0 radical (unpaired) electrons. The van der Waals surface area contributed by atoms with Crippen LogP contribution >= 0.6 is 11.5 Å². The Morgan fingerprint density at radius 1 is 1.26 bits per heavy atom. The predicted octanol–water partition coefficient (Wildman–Crippen LogP) is 3.19. The van der Waals surface area contributed by atoms with Gasteiger partial charge in [0.25, 0.3) is 0 Å². The van der Waals surface area contributed by atoms with Crippen molar-refractivity contribution in [3.8, 4) is 0 Å². The summed E-state index contributed by atoms with van der Waals surface area (Å²) in [5, 5.41) is 8.38. The number of nitrogens with one attached hydrogen (secondary N) is 1. The van der Waals surface area contributed by atoms with Gasteiger partial charge in [0.1, 0.15) is 11.9 Å². The lowest BCUT2D eigenvalue weighted by atomic mass is 9.91. The summed E-state index contributed by atoms with van der Waals surface area (Å²) in [6.07, 6.45) is 2.77. The van der Waals surface area contributed by atoms with Gasteiger partial charge in [0.05, 0.1) is 0 Å². The van der Waals surface area contributed by atoms with Crippen molar-refractivity contribution in [2.75, 3.05) is 18.5 Å². The van der Waals surface area contributed by atoms with Gasteiger partial charge in [0, 0.05) is 37.1 Å². The number of anilines is 1. The largest absolute Gasteiger partial charge is 0.381 e. The maximum absolute atomic E-state index is 5.54. The number of nitrogens with zero attached hydrogens (tertiary/aromatic N) is 4. The van der Waals surface area contributed by atoms with Crippen molar-refractivity contribution in [2.24, 2.45) is 5.92 Å². The van der Waals surface area contributed by atoms with E-state index in [2.05, 4.69) is 45.6 Å². The topological polar surface area (TPSA) is 86.0 Å². The van der Waals surface area contributed by atoms with Crippen LogP contribution in [0.25, 0.3) is 0 Å². The van der Waals surface area contributed by atoms with Crippen molar-refractivity contribution in [1.29, 1.82) is 0 Å². The summed E-state index contributed by atoms with van der Waals surface area (Å²) < 4.78 is 15.4. The normalized spacial score (nSPS) is 17.6. The summed E-state index contributed by atoms with van der Waals surface area (Å²) in [4.78, 5) is 9.09. The molecule has 0 unspecified atom stereocenters. The third-order valence-corrected chi connectivity index (χ3v) is 4.72. The minimum absolute atomic E-state index is 0.0449. The Bertz CT molecular complexity index is 621. The Morgan fingerprint density at radius 2 is 2.04 bits per heavy atom. The molecule has 1 fully saturated rings. The lowest BCUT2D eigenvalue weighted by molar-refractivity contribution is 0.0571. The molecule has 8 heteroatoms. The Kier molecular flexibility index (Phi) is 5.22. The third kappa shape index (κ3) is 3.87. The SMILES string of the molecule is CCc1nsc(N[C@@H](c2nc(C(C)C)no2)C2CCOCC2)n1. The molecule has 7 nitrogen and oxygen atoms in total. The van der Waals surface area contributed by atoms with Gasteiger partial charge < -0.3 is 14.6 Å². The maximum atomic E-state index is 5.54. The Morgan fingerprint density at radius 3 is 2.65 bits per heavy atom. The van der Waals surface area contributed by atoms with E-state index < -0.39 is 0 Å². The van der Waals surface area contributed by atoms with E-state index in [0.717, 1.165) is 49.3 Å². The quantitative estimate of drug-likeness (QED) is 0.866. The van der Waals surface area contributed by atoms with Crippen LogP contribution in [0.4, 0.5) is 5.13 Å². The van der Waals surface area contributed by atoms with Gasteiger partial charge in [-0.2, -0.15) is 9.36 Å². The van der Waals surface area contributed by atoms with Crippen molar-refractivity contribution < 1.29 is 9.26 Å². The van der Waals surface area contributed by atoms with Crippen LogP contribution in [0.5, 0.6) is 0 Å². The van der Waals surface area contributed by atoms with Gasteiger partial charge in [-0.15, -0.1) is 0 Å². The zero-order valence-corrected chi connectivity index (χ0v) is 14.6. The van der Waals surface area contributed by atoms with Crippen LogP contribution in [-0.2, 0) is 11.2 Å². The van der Waals surface area contributed by atoms with E-state index in [4.69, 9.17) is 9.26 Å². The van der Waals surface area contributed by atoms with Crippen LogP contribution in [-0.4, -0.2) is 32.7 Å². The van der Waals surface area contributed by atoms with E-state index in [-0.39, 0.29) is 12.0 Å². The summed E-state index contributed by atoms with van der Waals surface area (Å²) in [7, 11) is 0. The van der Waals surface area contributed by atoms with Crippen molar-refractivity contribution >= 4 is 16.7 Å². The fraction of sp³-hybridized carbons (Fsp3) is 0.733. The number of rotatable bonds is 6. The van der Waals surface area contributed by atoms with E-state index in [0.29, 0.717) is 11.8 Å². The highest BCUT2D eigenvalue weighted by Crippen LogP contribution is 2.33. The van der Waals surface area contributed by atoms with Gasteiger partial charge in [0.2, 0.25) is 11.0 Å². The first kappa shape index (κ1) is 16.3. The molecule has 1 atom stereocenters. The summed E-state index contributed by atoms with van der Waals surface area (Å²) >= 11 is 1.38. The smallest absolute Gasteiger partial charge is 0.249 e. The molecule has 1 aliphatic heterocycles. The fourth-order valence-corrected chi connectivity index (χ4v) is 3.32. The molecule has 23 heavy (non-hydrogen) atoms. The number of hydrogen-bond donors (Lipinski definition) is 1. The number of aryl methyl sites for hydroxylation is 1. The lowest BCUT2D eigenvalue weighted by Crippen LogP contribution is -2.27. The Labute approximate surface area is 140 Å². The van der Waals surface area contributed by atoms with Crippen molar-refractivity contribution in [3.63, 3.8) is 0 Å². The van der Waals surface area contributed by atoms with E-state index in [1.54, 1.807) is 0 Å². The first-order chi connectivity index (χ1) is 11.2. The molecular weight excluding hydrogens is 314 g/mol. The molecule has 2 aromatic heterocycles. The second-order valence-electron chi connectivity index (χ2n) is 6.09. The minimum Gasteiger partial charge on any atom is -0.381 e. The van der Waals surface area contributed by atoms with Crippen molar-refractivity contribution in [1.82, 2.24) is 19.5 Å². The standard InChI is InChI=1S/C15H23N5O2S/c1-4-11-16-15(23-20-11)17-12(10-5-7-21-8-6-10)14-18-13(9(2)3)19-22-14/h9-10,12H,4-8H2,1-3H3,(H,16,17,20)/t12-/m1/s1. The molecule has 0 spiro atoms. The molecule has 0 aliphatic carbocycles. The van der Waals surface area contributed by atoms with Gasteiger partial charge in [-0.3, -0.25) is 0 Å². The summed E-state index contributed by atoms with van der Waals surface area (Å²) in [6.45, 7) is 7.71. The Balaban J connectivity index is 1.82. The molecule has 0 aromatic carbocycles. The molecule has 126 valence electrons. The van der Waals surface area contributed by atoms with E-state index in [9.17, 15) is 0 Å². The predicted molar refractivity (Wildman–Crippen MR) is 87.6 cm³/mol. The second kappa shape index (κ2) is 7.35. The zero-order chi connectivity index (χ0) is 16.2. The molecule has 1 N–H and O–H groups in total. The first-order valence-electron chi connectivity index (χ1n) is 8.17. The van der Waals surface area contributed by atoms with E-state index >= 15 is 0 Å². The van der Waals surface area contributed by atoms with Gasteiger partial charge in [-0.1, -0.05) is 25.9 Å². The van der Waals surface area contributed by atoms with Crippen LogP contribution in [0.15, 0.2) is 4.52 Å². The number of hydrogen-bond acceptors (Lipinski definition) is 8. The first-order valence-corrected chi connectivity index (χ1v) is 8.95. The average Bonchev–Trinajstić information content (AvgIpc) is 3.22. The van der Waals surface area contributed by atoms with Crippen molar-refractivity contribution in [3.05, 3.63) is 17.5 Å². The highest BCUT2D eigenvalue weighted by Gasteiger charge is 2.31. The summed E-state index contributed by atoms with van der Waals surface area (Å²) in [5.41, 5.74) is 0. The monoisotopic (exact) mass is 337 g/mol. The number of ether oxygens (including phenoxy) is 1.